The molecule has 0 radical (unpaired) electrons. The van der Waals surface area contributed by atoms with Crippen molar-refractivity contribution in [2.24, 2.45) is 0 Å². The van der Waals surface area contributed by atoms with Crippen molar-refractivity contribution in [3.8, 4) is 5.75 Å². The van der Waals surface area contributed by atoms with Gasteiger partial charge in [-0.1, -0.05) is 49.6 Å². The van der Waals surface area contributed by atoms with Crippen LogP contribution >= 0.6 is 0 Å². The Morgan fingerprint density at radius 3 is 2.69 bits per heavy atom. The molecule has 0 aliphatic heterocycles. The molecule has 1 N–H and O–H groups in total. The van der Waals surface area contributed by atoms with Gasteiger partial charge in [0.05, 0.1) is 12.8 Å². The first kappa shape index (κ1) is 19.3. The number of nitrogens with one attached hydrogen (secondary N) is 1. The summed E-state index contributed by atoms with van der Waals surface area (Å²) in [6.07, 6.45) is 7.91. The van der Waals surface area contributed by atoms with Gasteiger partial charge in [-0.3, -0.25) is 9.20 Å². The van der Waals surface area contributed by atoms with E-state index in [0.717, 1.165) is 41.3 Å². The first-order valence-corrected chi connectivity index (χ1v) is 10.2. The molecule has 0 unspecified atom stereocenters. The summed E-state index contributed by atoms with van der Waals surface area (Å²) in [7, 11) is 1.40. The highest BCUT2D eigenvalue weighted by Crippen LogP contribution is 2.38. The van der Waals surface area contributed by atoms with Gasteiger partial charge in [-0.2, -0.15) is 0 Å². The van der Waals surface area contributed by atoms with Crippen molar-refractivity contribution >= 4 is 17.4 Å². The minimum absolute atomic E-state index is 0.110. The van der Waals surface area contributed by atoms with Crippen molar-refractivity contribution in [2.75, 3.05) is 19.0 Å². The number of benzene rings is 1. The summed E-state index contributed by atoms with van der Waals surface area (Å²) in [6.45, 7) is 0.593. The van der Waals surface area contributed by atoms with E-state index in [1.807, 2.05) is 53.1 Å². The summed E-state index contributed by atoms with van der Waals surface area (Å²) in [5.41, 5.74) is 2.90. The highest BCUT2D eigenvalue weighted by molar-refractivity contribution is 5.75. The largest absolute Gasteiger partial charge is 0.485 e. The van der Waals surface area contributed by atoms with Crippen LogP contribution < -0.4 is 10.1 Å². The Morgan fingerprint density at radius 1 is 1.14 bits per heavy atom. The summed E-state index contributed by atoms with van der Waals surface area (Å²) < 4.78 is 12.9. The number of hydrogen-bond donors (Lipinski definition) is 1. The number of hydrogen-bond acceptors (Lipinski definition) is 5. The maximum atomic E-state index is 11.7. The van der Waals surface area contributed by atoms with Crippen molar-refractivity contribution in [1.29, 1.82) is 0 Å². The van der Waals surface area contributed by atoms with E-state index < -0.39 is 0 Å². The van der Waals surface area contributed by atoms with E-state index in [1.165, 1.54) is 26.4 Å². The standard InChI is InChI=1S/C23H27N3O3/c1-28-20(27)15-24-23-21(18-11-6-3-7-12-18)25-22-19(13-8-14-26(22)23)29-16-17-9-4-2-5-10-17/h2,4-5,8-10,13-14,18,24H,3,6-7,11-12,15-16H2,1H3. The summed E-state index contributed by atoms with van der Waals surface area (Å²) in [5.74, 6) is 1.69. The molecule has 0 saturated heterocycles. The van der Waals surface area contributed by atoms with Crippen LogP contribution in [0.15, 0.2) is 48.7 Å². The number of nitrogens with zero attached hydrogens (tertiary/aromatic N) is 2. The predicted molar refractivity (Wildman–Crippen MR) is 112 cm³/mol. The van der Waals surface area contributed by atoms with Gasteiger partial charge in [0, 0.05) is 12.1 Å². The van der Waals surface area contributed by atoms with Crippen LogP contribution in [0.25, 0.3) is 5.65 Å². The third-order valence-electron chi connectivity index (χ3n) is 5.50. The van der Waals surface area contributed by atoms with Gasteiger partial charge < -0.3 is 14.8 Å². The zero-order valence-electron chi connectivity index (χ0n) is 16.8. The molecule has 0 spiro atoms. The van der Waals surface area contributed by atoms with Crippen LogP contribution in [0.3, 0.4) is 0 Å². The van der Waals surface area contributed by atoms with E-state index in [2.05, 4.69) is 5.32 Å². The van der Waals surface area contributed by atoms with Crippen LogP contribution in [0.1, 0.15) is 49.3 Å². The topological polar surface area (TPSA) is 64.9 Å². The highest BCUT2D eigenvalue weighted by atomic mass is 16.5. The second-order valence-electron chi connectivity index (χ2n) is 7.45. The van der Waals surface area contributed by atoms with Gasteiger partial charge in [0.15, 0.2) is 11.4 Å². The van der Waals surface area contributed by atoms with Crippen LogP contribution in [-0.4, -0.2) is 29.0 Å². The van der Waals surface area contributed by atoms with Crippen molar-refractivity contribution in [2.45, 2.75) is 44.6 Å². The first-order chi connectivity index (χ1) is 14.3. The summed E-state index contributed by atoms with van der Waals surface area (Å²) in [6, 6.07) is 14.0. The number of fused-ring (bicyclic) bond motifs is 1. The number of imidazole rings is 1. The minimum atomic E-state index is -0.300. The van der Waals surface area contributed by atoms with Crippen LogP contribution in [0, 0.1) is 0 Å². The molecular formula is C23H27N3O3. The maximum absolute atomic E-state index is 11.7. The number of carbonyl (C=O) groups is 1. The summed E-state index contributed by atoms with van der Waals surface area (Å²) in [5, 5.41) is 3.26. The molecule has 1 aromatic carbocycles. The number of esters is 1. The quantitative estimate of drug-likeness (QED) is 0.597. The third kappa shape index (κ3) is 4.36. The third-order valence-corrected chi connectivity index (χ3v) is 5.50. The van der Waals surface area contributed by atoms with E-state index in [1.54, 1.807) is 0 Å². The first-order valence-electron chi connectivity index (χ1n) is 10.2. The molecule has 29 heavy (non-hydrogen) atoms. The SMILES string of the molecule is COC(=O)CNc1c(C2CCCCC2)nc2c(OCc3ccccc3)cccn12. The molecule has 6 heteroatoms. The molecule has 1 saturated carbocycles. The lowest BCUT2D eigenvalue weighted by molar-refractivity contribution is -0.138. The molecule has 152 valence electrons. The fraction of sp³-hybridized carbons (Fsp3) is 0.391. The lowest BCUT2D eigenvalue weighted by Crippen LogP contribution is -2.18. The second-order valence-corrected chi connectivity index (χ2v) is 7.45. The highest BCUT2D eigenvalue weighted by Gasteiger charge is 2.25. The number of ether oxygens (including phenoxy) is 2. The predicted octanol–water partition coefficient (Wildman–Crippen LogP) is 4.55. The van der Waals surface area contributed by atoms with Gasteiger partial charge in [0.2, 0.25) is 0 Å². The molecule has 1 aliphatic carbocycles. The zero-order valence-corrected chi connectivity index (χ0v) is 16.8. The maximum Gasteiger partial charge on any atom is 0.325 e. The van der Waals surface area contributed by atoms with Gasteiger partial charge in [0.1, 0.15) is 19.0 Å². The van der Waals surface area contributed by atoms with Gasteiger partial charge in [0.25, 0.3) is 0 Å². The minimum Gasteiger partial charge on any atom is -0.485 e. The van der Waals surface area contributed by atoms with Crippen molar-refractivity contribution in [3.05, 3.63) is 59.9 Å². The van der Waals surface area contributed by atoms with Crippen molar-refractivity contribution < 1.29 is 14.3 Å². The Hall–Kier alpha value is -3.02. The van der Waals surface area contributed by atoms with E-state index in [-0.39, 0.29) is 12.5 Å². The fourth-order valence-electron chi connectivity index (χ4n) is 3.97. The Morgan fingerprint density at radius 2 is 1.93 bits per heavy atom. The summed E-state index contributed by atoms with van der Waals surface area (Å²) in [4.78, 5) is 16.7. The van der Waals surface area contributed by atoms with E-state index in [9.17, 15) is 4.79 Å². The van der Waals surface area contributed by atoms with Crippen LogP contribution in [-0.2, 0) is 16.1 Å². The number of anilines is 1. The Kier molecular flexibility index (Phi) is 5.98. The molecule has 2 aromatic heterocycles. The summed E-state index contributed by atoms with van der Waals surface area (Å²) >= 11 is 0. The van der Waals surface area contributed by atoms with Crippen LogP contribution in [0.4, 0.5) is 5.82 Å². The average molecular weight is 393 g/mol. The average Bonchev–Trinajstić information content (AvgIpc) is 3.16. The Labute approximate surface area is 170 Å². The van der Waals surface area contributed by atoms with E-state index in [4.69, 9.17) is 14.5 Å². The van der Waals surface area contributed by atoms with Gasteiger partial charge in [-0.05, 0) is 30.5 Å². The van der Waals surface area contributed by atoms with E-state index in [0.29, 0.717) is 12.5 Å². The smallest absolute Gasteiger partial charge is 0.325 e. The normalized spacial score (nSPS) is 14.7. The molecule has 4 rings (SSSR count). The Bertz CT molecular complexity index is 962. The molecule has 1 fully saturated rings. The molecule has 1 aliphatic rings. The zero-order chi connectivity index (χ0) is 20.1. The van der Waals surface area contributed by atoms with Crippen molar-refractivity contribution in [3.63, 3.8) is 0 Å². The molecule has 0 atom stereocenters. The molecule has 2 heterocycles. The van der Waals surface area contributed by atoms with Gasteiger partial charge in [-0.25, -0.2) is 4.98 Å². The number of pyridine rings is 1. The lowest BCUT2D eigenvalue weighted by atomic mass is 9.87. The van der Waals surface area contributed by atoms with Gasteiger partial charge in [-0.15, -0.1) is 0 Å². The second kappa shape index (κ2) is 8.99. The molecule has 0 bridgehead atoms. The fourth-order valence-corrected chi connectivity index (χ4v) is 3.97. The van der Waals surface area contributed by atoms with Gasteiger partial charge >= 0.3 is 5.97 Å². The number of methoxy groups -OCH3 is 1. The lowest BCUT2D eigenvalue weighted by Gasteiger charge is -2.21. The monoisotopic (exact) mass is 393 g/mol. The molecular weight excluding hydrogens is 366 g/mol. The van der Waals surface area contributed by atoms with Crippen LogP contribution in [0.5, 0.6) is 5.75 Å². The number of aromatic nitrogens is 2. The van der Waals surface area contributed by atoms with Crippen molar-refractivity contribution in [1.82, 2.24) is 9.38 Å². The molecule has 0 amide bonds. The Balaban J connectivity index is 1.67. The number of carbonyl (C=O) groups excluding carboxylic acids is 1. The van der Waals surface area contributed by atoms with Crippen LogP contribution in [0.2, 0.25) is 0 Å². The molecule has 3 aromatic rings. The number of rotatable bonds is 7. The van der Waals surface area contributed by atoms with E-state index >= 15 is 0 Å². The molecule has 6 nitrogen and oxygen atoms in total.